The Kier molecular flexibility index (Phi) is 7.33. The lowest BCUT2D eigenvalue weighted by molar-refractivity contribution is -0.157. The van der Waals surface area contributed by atoms with Gasteiger partial charge in [0.2, 0.25) is 11.8 Å². The van der Waals surface area contributed by atoms with Crippen LogP contribution in [0.2, 0.25) is 10.0 Å². The molecule has 1 fully saturated rings. The summed E-state index contributed by atoms with van der Waals surface area (Å²) in [6.45, 7) is 6.05. The van der Waals surface area contributed by atoms with E-state index in [0.29, 0.717) is 16.5 Å². The molecule has 0 spiro atoms. The molecule has 166 valence electrons. The Labute approximate surface area is 194 Å². The third kappa shape index (κ3) is 4.91. The van der Waals surface area contributed by atoms with Crippen LogP contribution in [0.1, 0.15) is 69.5 Å². The molecule has 0 radical (unpaired) electrons. The van der Waals surface area contributed by atoms with Crippen molar-refractivity contribution in [3.8, 4) is 0 Å². The van der Waals surface area contributed by atoms with Crippen LogP contribution in [0.5, 0.6) is 0 Å². The first-order chi connectivity index (χ1) is 14.7. The van der Waals surface area contributed by atoms with Gasteiger partial charge < -0.3 is 10.6 Å². The first kappa shape index (κ1) is 23.6. The molecule has 2 amide bonds. The lowest BCUT2D eigenvalue weighted by atomic mass is 9.67. The molecule has 0 unspecified atom stereocenters. The maximum absolute atomic E-state index is 13.9. The molecule has 1 aliphatic rings. The Hall–Kier alpha value is -2.04. The van der Waals surface area contributed by atoms with Gasteiger partial charge in [-0.3, -0.25) is 9.59 Å². The number of carbonyl (C=O) groups is 2. The molecule has 2 aromatic rings. The van der Waals surface area contributed by atoms with E-state index in [9.17, 15) is 9.59 Å². The predicted molar refractivity (Wildman–Crippen MR) is 126 cm³/mol. The van der Waals surface area contributed by atoms with Crippen LogP contribution < -0.4 is 5.73 Å². The number of nitrogens with two attached hydrogens (primary N) is 1. The van der Waals surface area contributed by atoms with Gasteiger partial charge in [-0.15, -0.1) is 0 Å². The number of piperidine rings is 1. The number of benzene rings is 2. The summed E-state index contributed by atoms with van der Waals surface area (Å²) in [5.41, 5.74) is 6.78. The predicted octanol–water partition coefficient (Wildman–Crippen LogP) is 6.12. The molecule has 2 N–H and O–H groups in total. The largest absolute Gasteiger partial charge is 0.370 e. The Morgan fingerprint density at radius 2 is 1.74 bits per heavy atom. The van der Waals surface area contributed by atoms with Gasteiger partial charge in [-0.25, -0.2) is 0 Å². The summed E-state index contributed by atoms with van der Waals surface area (Å²) in [4.78, 5) is 27.8. The van der Waals surface area contributed by atoms with Gasteiger partial charge >= 0.3 is 0 Å². The van der Waals surface area contributed by atoms with Crippen LogP contribution in [-0.2, 0) is 9.59 Å². The van der Waals surface area contributed by atoms with E-state index in [1.54, 1.807) is 0 Å². The lowest BCUT2D eigenvalue weighted by Gasteiger charge is -2.52. The van der Waals surface area contributed by atoms with Crippen molar-refractivity contribution in [1.29, 1.82) is 0 Å². The Morgan fingerprint density at radius 1 is 1.10 bits per heavy atom. The van der Waals surface area contributed by atoms with Gasteiger partial charge in [0.1, 0.15) is 0 Å². The summed E-state index contributed by atoms with van der Waals surface area (Å²) < 4.78 is 0. The van der Waals surface area contributed by atoms with Crippen LogP contribution in [0, 0.1) is 5.41 Å². The molecule has 0 saturated carbocycles. The summed E-state index contributed by atoms with van der Waals surface area (Å²) in [6, 6.07) is 15.3. The molecule has 6 heteroatoms. The van der Waals surface area contributed by atoms with Crippen molar-refractivity contribution in [2.45, 2.75) is 64.5 Å². The SMILES string of the molecule is CCC(CC)N1C(=O)[C@](C)(CC(N)=O)C[C@H](c2cccc(Cl)c2)[C@H]1c1ccc(Cl)cc1. The van der Waals surface area contributed by atoms with Crippen molar-refractivity contribution >= 4 is 35.0 Å². The van der Waals surface area contributed by atoms with Crippen LogP contribution in [0.15, 0.2) is 48.5 Å². The zero-order chi connectivity index (χ0) is 22.8. The Bertz CT molecular complexity index is 943. The molecule has 4 nitrogen and oxygen atoms in total. The first-order valence-electron chi connectivity index (χ1n) is 10.8. The summed E-state index contributed by atoms with van der Waals surface area (Å²) in [7, 11) is 0. The van der Waals surface area contributed by atoms with Crippen molar-refractivity contribution in [2.24, 2.45) is 11.1 Å². The van der Waals surface area contributed by atoms with Crippen LogP contribution in [0.4, 0.5) is 0 Å². The quantitative estimate of drug-likeness (QED) is 0.540. The molecular weight excluding hydrogens is 431 g/mol. The molecule has 0 aliphatic carbocycles. The van der Waals surface area contributed by atoms with Crippen LogP contribution in [0.25, 0.3) is 0 Å². The van der Waals surface area contributed by atoms with E-state index in [-0.39, 0.29) is 30.3 Å². The molecule has 1 aliphatic heterocycles. The maximum Gasteiger partial charge on any atom is 0.229 e. The second-order valence-corrected chi connectivity index (χ2v) is 9.62. The molecule has 0 bridgehead atoms. The summed E-state index contributed by atoms with van der Waals surface area (Å²) in [6.07, 6.45) is 2.18. The van der Waals surface area contributed by atoms with Crippen molar-refractivity contribution in [3.05, 3.63) is 69.7 Å². The second-order valence-electron chi connectivity index (χ2n) is 8.75. The standard InChI is InChI=1S/C25H30Cl2N2O2/c1-4-20(5-2)29-23(16-9-11-18(26)12-10-16)21(17-7-6-8-19(27)13-17)14-25(3,24(29)31)15-22(28)30/h6-13,20-21,23H,4-5,14-15H2,1-3H3,(H2,28,30)/t21-,23-,25+/m1/s1. The Morgan fingerprint density at radius 3 is 2.29 bits per heavy atom. The van der Waals surface area contributed by atoms with Crippen LogP contribution in [-0.4, -0.2) is 22.8 Å². The number of hydrogen-bond donors (Lipinski definition) is 1. The van der Waals surface area contributed by atoms with Gasteiger partial charge in [0.25, 0.3) is 0 Å². The second kappa shape index (κ2) is 9.62. The normalized spacial score (nSPS) is 23.9. The third-order valence-corrected chi connectivity index (χ3v) is 6.98. The molecule has 2 aromatic carbocycles. The topological polar surface area (TPSA) is 63.4 Å². The van der Waals surface area contributed by atoms with E-state index in [4.69, 9.17) is 28.9 Å². The van der Waals surface area contributed by atoms with Crippen molar-refractivity contribution in [2.75, 3.05) is 0 Å². The average molecular weight is 461 g/mol. The highest BCUT2D eigenvalue weighted by Crippen LogP contribution is 2.52. The number of amides is 2. The zero-order valence-corrected chi connectivity index (χ0v) is 19.8. The maximum atomic E-state index is 13.9. The average Bonchev–Trinajstić information content (AvgIpc) is 2.72. The number of halogens is 2. The fourth-order valence-corrected chi connectivity index (χ4v) is 5.34. The van der Waals surface area contributed by atoms with E-state index in [1.807, 2.05) is 60.4 Å². The Balaban J connectivity index is 2.22. The highest BCUT2D eigenvalue weighted by Gasteiger charge is 2.51. The summed E-state index contributed by atoms with van der Waals surface area (Å²) in [5, 5.41) is 1.30. The number of rotatable bonds is 7. The van der Waals surface area contributed by atoms with E-state index in [1.165, 1.54) is 0 Å². The number of hydrogen-bond acceptors (Lipinski definition) is 2. The fraction of sp³-hybridized carbons (Fsp3) is 0.440. The molecule has 3 atom stereocenters. The molecular formula is C25H30Cl2N2O2. The van der Waals surface area contributed by atoms with Gasteiger partial charge in [-0.05, 0) is 54.7 Å². The number of primary amides is 1. The van der Waals surface area contributed by atoms with Crippen LogP contribution in [0.3, 0.4) is 0 Å². The van der Waals surface area contributed by atoms with Crippen molar-refractivity contribution < 1.29 is 9.59 Å². The molecule has 0 aromatic heterocycles. The van der Waals surface area contributed by atoms with Gasteiger partial charge in [-0.1, -0.05) is 68.2 Å². The summed E-state index contributed by atoms with van der Waals surface area (Å²) in [5.74, 6) is -0.518. The summed E-state index contributed by atoms with van der Waals surface area (Å²) >= 11 is 12.5. The zero-order valence-electron chi connectivity index (χ0n) is 18.3. The highest BCUT2D eigenvalue weighted by atomic mass is 35.5. The molecule has 3 rings (SSSR count). The lowest BCUT2D eigenvalue weighted by Crippen LogP contribution is -2.56. The van der Waals surface area contributed by atoms with Gasteiger partial charge in [-0.2, -0.15) is 0 Å². The van der Waals surface area contributed by atoms with E-state index in [2.05, 4.69) is 13.8 Å². The molecule has 31 heavy (non-hydrogen) atoms. The van der Waals surface area contributed by atoms with Gasteiger partial charge in [0, 0.05) is 28.4 Å². The number of carbonyl (C=O) groups excluding carboxylic acids is 2. The number of likely N-dealkylation sites (tertiary alicyclic amines) is 1. The number of nitrogens with zero attached hydrogens (tertiary/aromatic N) is 1. The van der Waals surface area contributed by atoms with Gasteiger partial charge in [0.05, 0.1) is 11.5 Å². The minimum Gasteiger partial charge on any atom is -0.370 e. The minimum absolute atomic E-state index is 0.0155. The van der Waals surface area contributed by atoms with Crippen molar-refractivity contribution in [3.63, 3.8) is 0 Å². The van der Waals surface area contributed by atoms with Gasteiger partial charge in [0.15, 0.2) is 0 Å². The minimum atomic E-state index is -0.871. The van der Waals surface area contributed by atoms with E-state index < -0.39 is 11.3 Å². The smallest absolute Gasteiger partial charge is 0.229 e. The molecule has 1 saturated heterocycles. The monoisotopic (exact) mass is 460 g/mol. The van der Waals surface area contributed by atoms with E-state index >= 15 is 0 Å². The van der Waals surface area contributed by atoms with E-state index in [0.717, 1.165) is 24.0 Å². The molecule has 1 heterocycles. The van der Waals surface area contributed by atoms with Crippen LogP contribution >= 0.6 is 23.2 Å². The third-order valence-electron chi connectivity index (χ3n) is 6.49. The first-order valence-corrected chi connectivity index (χ1v) is 11.6. The fourth-order valence-electron chi connectivity index (χ4n) is 5.01. The highest BCUT2D eigenvalue weighted by molar-refractivity contribution is 6.30. The van der Waals surface area contributed by atoms with Crippen molar-refractivity contribution in [1.82, 2.24) is 4.90 Å².